The molecule has 15 heteroatoms. The van der Waals surface area contributed by atoms with Crippen molar-refractivity contribution in [2.24, 2.45) is 0 Å². The largest absolute Gasteiger partial charge is 0.513 e. The highest BCUT2D eigenvalue weighted by Crippen LogP contribution is 2.26. The normalized spacial score (nSPS) is 11.5. The second-order valence-corrected chi connectivity index (χ2v) is 12.2. The van der Waals surface area contributed by atoms with Crippen molar-refractivity contribution in [3.8, 4) is 17.2 Å². The molecule has 0 spiro atoms. The van der Waals surface area contributed by atoms with Crippen LogP contribution in [0.5, 0.6) is 17.2 Å². The summed E-state index contributed by atoms with van der Waals surface area (Å²) in [5.74, 6) is -0.739. The van der Waals surface area contributed by atoms with Gasteiger partial charge in [-0.05, 0) is 68.5 Å². The molecule has 0 unspecified atom stereocenters. The third-order valence-corrected chi connectivity index (χ3v) is 7.14. The first-order chi connectivity index (χ1) is 27.4. The third kappa shape index (κ3) is 23.6. The van der Waals surface area contributed by atoms with E-state index in [1.54, 1.807) is 50.3 Å². The van der Waals surface area contributed by atoms with Crippen LogP contribution in [0.1, 0.15) is 104 Å². The molecule has 0 aliphatic heterocycles. The highest BCUT2D eigenvalue weighted by Gasteiger charge is 2.15. The van der Waals surface area contributed by atoms with Crippen molar-refractivity contribution in [1.29, 1.82) is 0 Å². The van der Waals surface area contributed by atoms with Crippen molar-refractivity contribution in [2.75, 3.05) is 26.4 Å². The Morgan fingerprint density at radius 2 is 0.930 bits per heavy atom. The number of carbonyl (C=O) groups is 6. The van der Waals surface area contributed by atoms with Crippen LogP contribution in [0.4, 0.5) is 14.4 Å². The van der Waals surface area contributed by atoms with Gasteiger partial charge in [-0.15, -0.1) is 13.2 Å². The van der Waals surface area contributed by atoms with Gasteiger partial charge < -0.3 is 42.6 Å². The molecule has 2 aromatic carbocycles. The van der Waals surface area contributed by atoms with Gasteiger partial charge in [0.1, 0.15) is 29.5 Å². The van der Waals surface area contributed by atoms with Crippen LogP contribution in [0.25, 0.3) is 12.2 Å². The van der Waals surface area contributed by atoms with Crippen LogP contribution in [0.15, 0.2) is 55.6 Å². The standard InChI is InChI=1S/C40H52O15.C2H4/c1-6-10-35(41)47-21-9-22-48-38(44)54-33-25-31(26-34(27-33)55-40(46)50-24-20-29(5)52-37(43)12-8-3)14-13-30-15-17-32(18-16-30)53-39(45)49-23-19-28(4)51-36(42)11-7-2;1-2/h13-18,25-29H,6-12,19-24H2,1-5H3;1-2H2/b14-13+;/t28-,29-;/m1./s1. The van der Waals surface area contributed by atoms with Crippen molar-refractivity contribution in [3.63, 3.8) is 0 Å². The molecule has 314 valence electrons. The number of esters is 3. The molecule has 0 saturated heterocycles. The van der Waals surface area contributed by atoms with Crippen LogP contribution in [-0.4, -0.2) is 75.0 Å². The molecule has 0 aliphatic carbocycles. The van der Waals surface area contributed by atoms with Crippen molar-refractivity contribution >= 4 is 48.5 Å². The molecule has 0 bridgehead atoms. The van der Waals surface area contributed by atoms with Gasteiger partial charge in [0.2, 0.25) is 0 Å². The molecule has 0 fully saturated rings. The van der Waals surface area contributed by atoms with E-state index in [9.17, 15) is 28.8 Å². The highest BCUT2D eigenvalue weighted by atomic mass is 16.7. The molecule has 0 aromatic heterocycles. The number of ether oxygens (including phenoxy) is 9. The highest BCUT2D eigenvalue weighted by molar-refractivity contribution is 5.74. The summed E-state index contributed by atoms with van der Waals surface area (Å²) in [4.78, 5) is 71.8. The fourth-order valence-corrected chi connectivity index (χ4v) is 4.41. The zero-order valence-electron chi connectivity index (χ0n) is 33.6. The summed E-state index contributed by atoms with van der Waals surface area (Å²) >= 11 is 0. The quantitative estimate of drug-likeness (QED) is 0.0258. The fraction of sp³-hybridized carbons (Fsp3) is 0.476. The first kappa shape index (κ1) is 49.2. The van der Waals surface area contributed by atoms with Crippen molar-refractivity contribution in [1.82, 2.24) is 0 Å². The van der Waals surface area contributed by atoms with Crippen LogP contribution in [0, 0.1) is 0 Å². The topological polar surface area (TPSA) is 185 Å². The molecule has 2 aromatic rings. The van der Waals surface area contributed by atoms with Gasteiger partial charge in [0.15, 0.2) is 0 Å². The van der Waals surface area contributed by atoms with Gasteiger partial charge in [0.05, 0.1) is 26.4 Å². The summed E-state index contributed by atoms with van der Waals surface area (Å²) in [6, 6.07) is 10.8. The smallest absolute Gasteiger partial charge is 0.466 e. The van der Waals surface area contributed by atoms with Gasteiger partial charge in [0.25, 0.3) is 0 Å². The first-order valence-electron chi connectivity index (χ1n) is 18.9. The van der Waals surface area contributed by atoms with Gasteiger partial charge in [-0.3, -0.25) is 14.4 Å². The van der Waals surface area contributed by atoms with Crippen molar-refractivity contribution < 1.29 is 71.4 Å². The maximum Gasteiger partial charge on any atom is 0.513 e. The van der Waals surface area contributed by atoms with E-state index in [0.29, 0.717) is 56.1 Å². The molecule has 0 aliphatic rings. The summed E-state index contributed by atoms with van der Waals surface area (Å²) in [6.07, 6.45) is 3.32. The van der Waals surface area contributed by atoms with E-state index in [2.05, 4.69) is 13.2 Å². The summed E-state index contributed by atoms with van der Waals surface area (Å²) in [7, 11) is 0. The molecule has 2 atom stereocenters. The Balaban J connectivity index is 0.00000799. The molecule has 0 N–H and O–H groups in total. The lowest BCUT2D eigenvalue weighted by Gasteiger charge is -2.13. The Hall–Kier alpha value is -5.86. The van der Waals surface area contributed by atoms with E-state index in [0.717, 1.165) is 0 Å². The SMILES string of the molecule is C=C.CCCC(=O)OCCCOC(=O)Oc1cc(/C=C/c2ccc(OC(=O)OCC[C@@H](C)OC(=O)CCC)cc2)cc(OC(=O)OCC[C@@H](C)OC(=O)CCC)c1. The van der Waals surface area contributed by atoms with Crippen LogP contribution < -0.4 is 14.2 Å². The second kappa shape index (κ2) is 29.4. The fourth-order valence-electron chi connectivity index (χ4n) is 4.41. The molecular formula is C42H56O15. The minimum absolute atomic E-state index is 0.00319. The van der Waals surface area contributed by atoms with Gasteiger partial charge in [0, 0.05) is 44.6 Å². The average molecular weight is 801 g/mol. The van der Waals surface area contributed by atoms with Crippen LogP contribution in [-0.2, 0) is 42.8 Å². The Kier molecular flexibility index (Phi) is 25.4. The molecule has 15 nitrogen and oxygen atoms in total. The zero-order valence-corrected chi connectivity index (χ0v) is 33.6. The predicted octanol–water partition coefficient (Wildman–Crippen LogP) is 9.18. The number of benzene rings is 2. The maximum absolute atomic E-state index is 12.5. The van der Waals surface area contributed by atoms with Gasteiger partial charge >= 0.3 is 36.4 Å². The molecule has 57 heavy (non-hydrogen) atoms. The molecular weight excluding hydrogens is 744 g/mol. The lowest BCUT2D eigenvalue weighted by Crippen LogP contribution is -2.19. The summed E-state index contributed by atoms with van der Waals surface area (Å²) in [5.41, 5.74) is 1.16. The molecule has 0 saturated carbocycles. The van der Waals surface area contributed by atoms with Gasteiger partial charge in [-0.2, -0.15) is 0 Å². The number of rotatable bonds is 23. The zero-order chi connectivity index (χ0) is 42.4. The van der Waals surface area contributed by atoms with Gasteiger partial charge in [-0.1, -0.05) is 45.1 Å². The molecule has 2 rings (SSSR count). The molecule has 0 amide bonds. The summed E-state index contributed by atoms with van der Waals surface area (Å²) in [5, 5.41) is 0. The van der Waals surface area contributed by atoms with Crippen LogP contribution in [0.2, 0.25) is 0 Å². The lowest BCUT2D eigenvalue weighted by atomic mass is 10.1. The number of carbonyl (C=O) groups excluding carboxylic acids is 6. The van der Waals surface area contributed by atoms with E-state index in [1.165, 1.54) is 18.2 Å². The van der Waals surface area contributed by atoms with Crippen LogP contribution >= 0.6 is 0 Å². The summed E-state index contributed by atoms with van der Waals surface area (Å²) in [6.45, 7) is 15.0. The maximum atomic E-state index is 12.5. The second-order valence-electron chi connectivity index (χ2n) is 12.2. The Bertz CT molecular complexity index is 1570. The van der Waals surface area contributed by atoms with Crippen molar-refractivity contribution in [3.05, 3.63) is 66.7 Å². The first-order valence-corrected chi connectivity index (χ1v) is 18.9. The minimum Gasteiger partial charge on any atom is -0.466 e. The Morgan fingerprint density at radius 1 is 0.526 bits per heavy atom. The Labute approximate surface area is 334 Å². The third-order valence-electron chi connectivity index (χ3n) is 7.14. The van der Waals surface area contributed by atoms with E-state index in [4.69, 9.17) is 42.6 Å². The number of hydrogen-bond acceptors (Lipinski definition) is 15. The van der Waals surface area contributed by atoms with E-state index in [-0.39, 0.29) is 74.4 Å². The minimum atomic E-state index is -1.03. The molecule has 0 radical (unpaired) electrons. The van der Waals surface area contributed by atoms with Crippen molar-refractivity contribution in [2.45, 2.75) is 105 Å². The van der Waals surface area contributed by atoms with Gasteiger partial charge in [-0.25, -0.2) is 14.4 Å². The lowest BCUT2D eigenvalue weighted by molar-refractivity contribution is -0.149. The summed E-state index contributed by atoms with van der Waals surface area (Å²) < 4.78 is 46.7. The van der Waals surface area contributed by atoms with E-state index < -0.39 is 30.7 Å². The monoisotopic (exact) mass is 800 g/mol. The van der Waals surface area contributed by atoms with Crippen LogP contribution in [0.3, 0.4) is 0 Å². The Morgan fingerprint density at radius 3 is 1.40 bits per heavy atom. The number of hydrogen-bond donors (Lipinski definition) is 0. The van der Waals surface area contributed by atoms with E-state index in [1.807, 2.05) is 20.8 Å². The molecule has 0 heterocycles. The predicted molar refractivity (Wildman–Crippen MR) is 210 cm³/mol. The average Bonchev–Trinajstić information content (AvgIpc) is 3.15. The van der Waals surface area contributed by atoms with E-state index >= 15 is 0 Å².